The first-order valence-electron chi connectivity index (χ1n) is 6.78. The Morgan fingerprint density at radius 2 is 2.09 bits per heavy atom. The first-order valence-corrected chi connectivity index (χ1v) is 7.18. The van der Waals surface area contributed by atoms with Crippen LogP contribution in [0.4, 0.5) is 16.2 Å². The molecule has 1 N–H and O–H groups in total. The van der Waals surface area contributed by atoms with Crippen LogP contribution < -0.4 is 9.62 Å². The molecular formula is C14H21N3O4S. The average Bonchev–Trinajstić information content (AvgIpc) is 2.35. The van der Waals surface area contributed by atoms with Gasteiger partial charge in [-0.2, -0.15) is 0 Å². The van der Waals surface area contributed by atoms with Gasteiger partial charge in [-0.3, -0.25) is 10.1 Å². The van der Waals surface area contributed by atoms with Crippen LogP contribution >= 0.6 is 12.8 Å². The van der Waals surface area contributed by atoms with Crippen LogP contribution in [0.1, 0.15) is 26.3 Å². The third-order valence-corrected chi connectivity index (χ3v) is 3.01. The number of benzene rings is 1. The third kappa shape index (κ3) is 5.80. The standard InChI is InChI=1S/C14H21N3O4S/c1-10-5-6-11(17(19)20)12(9-10)16(22)8-7-15-13(18)21-14(2,3)4/h5-6,9,22H,7-8H2,1-4H3,(H,15,18). The van der Waals surface area contributed by atoms with Gasteiger partial charge in [0.2, 0.25) is 0 Å². The molecule has 0 fully saturated rings. The fraction of sp³-hybridized carbons (Fsp3) is 0.500. The summed E-state index contributed by atoms with van der Waals surface area (Å²) in [5, 5.41) is 13.6. The second kappa shape index (κ2) is 7.35. The molecule has 122 valence electrons. The summed E-state index contributed by atoms with van der Waals surface area (Å²) >= 11 is 4.26. The Balaban J connectivity index is 2.63. The van der Waals surface area contributed by atoms with E-state index in [0.29, 0.717) is 12.2 Å². The van der Waals surface area contributed by atoms with Crippen LogP contribution in [0.5, 0.6) is 0 Å². The predicted octanol–water partition coefficient (Wildman–Crippen LogP) is 3.08. The van der Waals surface area contributed by atoms with E-state index in [4.69, 9.17) is 4.74 Å². The van der Waals surface area contributed by atoms with Gasteiger partial charge in [0.1, 0.15) is 11.3 Å². The second-order valence-corrected chi connectivity index (χ2v) is 6.28. The maximum atomic E-state index is 11.5. The van der Waals surface area contributed by atoms with E-state index < -0.39 is 16.6 Å². The molecule has 0 spiro atoms. The van der Waals surface area contributed by atoms with E-state index in [1.807, 2.05) is 6.92 Å². The highest BCUT2D eigenvalue weighted by Gasteiger charge is 2.19. The average molecular weight is 327 g/mol. The van der Waals surface area contributed by atoms with Crippen LogP contribution in [0.25, 0.3) is 0 Å². The number of hydrogen-bond donors (Lipinski definition) is 2. The van der Waals surface area contributed by atoms with Gasteiger partial charge < -0.3 is 14.4 Å². The van der Waals surface area contributed by atoms with Crippen LogP contribution in [0, 0.1) is 17.0 Å². The SMILES string of the molecule is Cc1ccc([N+](=O)[O-])c(N(S)CCNC(=O)OC(C)(C)C)c1. The summed E-state index contributed by atoms with van der Waals surface area (Å²) in [5.41, 5.74) is 0.678. The molecule has 0 radical (unpaired) electrons. The quantitative estimate of drug-likeness (QED) is 0.493. The Morgan fingerprint density at radius 1 is 1.45 bits per heavy atom. The molecule has 0 unspecified atom stereocenters. The van der Waals surface area contributed by atoms with E-state index in [1.54, 1.807) is 32.9 Å². The van der Waals surface area contributed by atoms with E-state index in [1.165, 1.54) is 10.4 Å². The summed E-state index contributed by atoms with van der Waals surface area (Å²) in [6.45, 7) is 7.71. The minimum absolute atomic E-state index is 0.0298. The summed E-state index contributed by atoms with van der Waals surface area (Å²) in [7, 11) is 0. The topological polar surface area (TPSA) is 84.7 Å². The van der Waals surface area contributed by atoms with Gasteiger partial charge in [0.15, 0.2) is 0 Å². The summed E-state index contributed by atoms with van der Waals surface area (Å²) in [5.74, 6) is 0. The number of aryl methyl sites for hydroxylation is 1. The van der Waals surface area contributed by atoms with Crippen molar-refractivity contribution in [3.63, 3.8) is 0 Å². The molecule has 1 aromatic carbocycles. The molecule has 0 heterocycles. The maximum absolute atomic E-state index is 11.5. The van der Waals surface area contributed by atoms with Crippen LogP contribution in [-0.2, 0) is 4.74 Å². The van der Waals surface area contributed by atoms with Gasteiger partial charge in [-0.05, 0) is 39.3 Å². The number of nitrogens with one attached hydrogen (secondary N) is 1. The van der Waals surface area contributed by atoms with Crippen molar-refractivity contribution in [1.29, 1.82) is 0 Å². The predicted molar refractivity (Wildman–Crippen MR) is 88.4 cm³/mol. The summed E-state index contributed by atoms with van der Waals surface area (Å²) in [4.78, 5) is 22.1. The van der Waals surface area contributed by atoms with Crippen molar-refractivity contribution in [2.45, 2.75) is 33.3 Å². The van der Waals surface area contributed by atoms with E-state index in [0.717, 1.165) is 5.56 Å². The van der Waals surface area contributed by atoms with E-state index in [-0.39, 0.29) is 12.2 Å². The van der Waals surface area contributed by atoms with Crippen LogP contribution in [0.15, 0.2) is 18.2 Å². The Morgan fingerprint density at radius 3 is 2.64 bits per heavy atom. The number of alkyl carbamates (subject to hydrolysis) is 1. The normalized spacial score (nSPS) is 11.0. The number of nitrogens with zero attached hydrogens (tertiary/aromatic N) is 2. The number of carbonyl (C=O) groups excluding carboxylic acids is 1. The van der Waals surface area contributed by atoms with Crippen molar-refractivity contribution in [2.24, 2.45) is 0 Å². The lowest BCUT2D eigenvalue weighted by atomic mass is 10.2. The monoisotopic (exact) mass is 327 g/mol. The Hall–Kier alpha value is -1.96. The van der Waals surface area contributed by atoms with Gasteiger partial charge in [-0.25, -0.2) is 4.79 Å². The smallest absolute Gasteiger partial charge is 0.407 e. The van der Waals surface area contributed by atoms with Crippen molar-refractivity contribution in [3.8, 4) is 0 Å². The highest BCUT2D eigenvalue weighted by molar-refractivity contribution is 7.81. The number of nitro groups is 1. The van der Waals surface area contributed by atoms with Gasteiger partial charge in [-0.1, -0.05) is 18.9 Å². The highest BCUT2D eigenvalue weighted by atomic mass is 32.1. The van der Waals surface area contributed by atoms with Crippen molar-refractivity contribution in [1.82, 2.24) is 5.32 Å². The molecule has 7 nitrogen and oxygen atoms in total. The molecule has 1 rings (SSSR count). The molecule has 1 amide bonds. The van der Waals surface area contributed by atoms with Gasteiger partial charge in [0.05, 0.1) is 4.92 Å². The van der Waals surface area contributed by atoms with Crippen molar-refractivity contribution in [2.75, 3.05) is 17.4 Å². The number of thiol groups is 1. The number of anilines is 1. The number of amides is 1. The lowest BCUT2D eigenvalue weighted by molar-refractivity contribution is -0.384. The Kier molecular flexibility index (Phi) is 6.04. The van der Waals surface area contributed by atoms with Crippen molar-refractivity contribution in [3.05, 3.63) is 33.9 Å². The van der Waals surface area contributed by atoms with Crippen LogP contribution in [-0.4, -0.2) is 29.7 Å². The summed E-state index contributed by atoms with van der Waals surface area (Å²) < 4.78 is 6.54. The molecule has 0 aliphatic carbocycles. The van der Waals surface area contributed by atoms with Gasteiger partial charge >= 0.3 is 6.09 Å². The minimum Gasteiger partial charge on any atom is -0.444 e. The third-order valence-electron chi connectivity index (χ3n) is 2.60. The maximum Gasteiger partial charge on any atom is 0.407 e. The lowest BCUT2D eigenvalue weighted by Gasteiger charge is -2.21. The largest absolute Gasteiger partial charge is 0.444 e. The molecule has 0 aliphatic rings. The first kappa shape index (κ1) is 18.1. The number of rotatable bonds is 5. The number of nitro benzene ring substituents is 1. The molecule has 0 atom stereocenters. The zero-order valence-electron chi connectivity index (χ0n) is 13.1. The van der Waals surface area contributed by atoms with Crippen LogP contribution in [0.3, 0.4) is 0 Å². The zero-order chi connectivity index (χ0) is 16.9. The van der Waals surface area contributed by atoms with E-state index >= 15 is 0 Å². The van der Waals surface area contributed by atoms with Crippen LogP contribution in [0.2, 0.25) is 0 Å². The molecule has 0 bridgehead atoms. The van der Waals surface area contributed by atoms with Gasteiger partial charge in [0, 0.05) is 19.2 Å². The van der Waals surface area contributed by atoms with E-state index in [9.17, 15) is 14.9 Å². The fourth-order valence-electron chi connectivity index (χ4n) is 1.69. The Bertz CT molecular complexity index is 558. The molecule has 1 aromatic rings. The molecular weight excluding hydrogens is 306 g/mol. The zero-order valence-corrected chi connectivity index (χ0v) is 14.0. The highest BCUT2D eigenvalue weighted by Crippen LogP contribution is 2.29. The summed E-state index contributed by atoms with van der Waals surface area (Å²) in [6.07, 6.45) is -0.534. The molecule has 0 aromatic heterocycles. The molecule has 8 heteroatoms. The molecule has 0 aliphatic heterocycles. The fourth-order valence-corrected chi connectivity index (χ4v) is 1.95. The number of hydrogen-bond acceptors (Lipinski definition) is 6. The molecule has 0 saturated carbocycles. The first-order chi connectivity index (χ1) is 10.1. The van der Waals surface area contributed by atoms with E-state index in [2.05, 4.69) is 18.1 Å². The van der Waals surface area contributed by atoms with Crippen molar-refractivity contribution >= 4 is 30.3 Å². The molecule has 0 saturated heterocycles. The minimum atomic E-state index is -0.569. The lowest BCUT2D eigenvalue weighted by Crippen LogP contribution is -2.36. The molecule has 22 heavy (non-hydrogen) atoms. The number of ether oxygens (including phenoxy) is 1. The number of carbonyl (C=O) groups is 1. The van der Waals surface area contributed by atoms with Gasteiger partial charge in [0.25, 0.3) is 5.69 Å². The van der Waals surface area contributed by atoms with Crippen molar-refractivity contribution < 1.29 is 14.5 Å². The Labute approximate surface area is 135 Å². The van der Waals surface area contributed by atoms with Gasteiger partial charge in [-0.15, -0.1) is 0 Å². The summed E-state index contributed by atoms with van der Waals surface area (Å²) in [6, 6.07) is 4.79. The second-order valence-electron chi connectivity index (χ2n) is 5.80.